The smallest absolute Gasteiger partial charge is 0.306 e. The topological polar surface area (TPSA) is 66.8 Å². The van der Waals surface area contributed by atoms with Gasteiger partial charge in [0.25, 0.3) is 0 Å². The van der Waals surface area contributed by atoms with E-state index in [4.69, 9.17) is 4.74 Å². The summed E-state index contributed by atoms with van der Waals surface area (Å²) in [5.41, 5.74) is 0. The summed E-state index contributed by atoms with van der Waals surface area (Å²) in [6.07, 6.45) is 7.57. The van der Waals surface area contributed by atoms with E-state index in [2.05, 4.69) is 0 Å². The Bertz CT molecular complexity index is 409. The largest absolute Gasteiger partial charge is 0.481 e. The van der Waals surface area contributed by atoms with E-state index in [1.54, 1.807) is 0 Å². The Morgan fingerprint density at radius 1 is 1.00 bits per heavy atom. The lowest BCUT2D eigenvalue weighted by Gasteiger charge is -2.45. The van der Waals surface area contributed by atoms with Gasteiger partial charge in [-0.1, -0.05) is 19.3 Å². The van der Waals surface area contributed by atoms with E-state index in [9.17, 15) is 14.7 Å². The molecule has 0 radical (unpaired) electrons. The van der Waals surface area contributed by atoms with E-state index in [1.165, 1.54) is 6.42 Å². The molecule has 0 bridgehead atoms. The molecule has 21 heavy (non-hydrogen) atoms. The van der Waals surface area contributed by atoms with Crippen LogP contribution in [0.25, 0.3) is 0 Å². The lowest BCUT2D eigenvalue weighted by molar-refractivity contribution is -0.156. The number of amides is 1. The molecule has 1 aliphatic heterocycles. The molecule has 4 unspecified atom stereocenters. The minimum Gasteiger partial charge on any atom is -0.481 e. The molecule has 3 rings (SSSR count). The summed E-state index contributed by atoms with van der Waals surface area (Å²) in [7, 11) is 0. The quantitative estimate of drug-likeness (QED) is 0.846. The van der Waals surface area contributed by atoms with Crippen LogP contribution >= 0.6 is 0 Å². The SMILES string of the molecule is O=C(O)C1CCCC(C(=O)N2CCOC3CCCCC32)C1. The number of morpholine rings is 1. The molecule has 3 aliphatic rings. The molecular weight excluding hydrogens is 270 g/mol. The third kappa shape index (κ3) is 3.07. The van der Waals surface area contributed by atoms with Gasteiger partial charge in [-0.15, -0.1) is 0 Å². The van der Waals surface area contributed by atoms with Crippen LogP contribution < -0.4 is 0 Å². The van der Waals surface area contributed by atoms with Crippen molar-refractivity contribution in [1.29, 1.82) is 0 Å². The number of fused-ring (bicyclic) bond motifs is 1. The van der Waals surface area contributed by atoms with Crippen LogP contribution in [0.3, 0.4) is 0 Å². The fraction of sp³-hybridized carbons (Fsp3) is 0.875. The molecule has 5 nitrogen and oxygen atoms in total. The molecule has 4 atom stereocenters. The molecule has 5 heteroatoms. The van der Waals surface area contributed by atoms with Gasteiger partial charge in [-0.2, -0.15) is 0 Å². The predicted octanol–water partition coefficient (Wildman–Crippen LogP) is 2.05. The summed E-state index contributed by atoms with van der Waals surface area (Å²) in [6, 6.07) is 0.227. The van der Waals surface area contributed by atoms with Crippen LogP contribution in [0.2, 0.25) is 0 Å². The summed E-state index contributed by atoms with van der Waals surface area (Å²) in [4.78, 5) is 26.1. The van der Waals surface area contributed by atoms with E-state index in [0.29, 0.717) is 26.0 Å². The van der Waals surface area contributed by atoms with Crippen molar-refractivity contribution in [2.24, 2.45) is 11.8 Å². The van der Waals surface area contributed by atoms with Crippen molar-refractivity contribution in [3.63, 3.8) is 0 Å². The van der Waals surface area contributed by atoms with Gasteiger partial charge < -0.3 is 14.7 Å². The third-order valence-corrected chi connectivity index (χ3v) is 5.39. The maximum absolute atomic E-state index is 12.9. The van der Waals surface area contributed by atoms with Crippen molar-refractivity contribution in [3.8, 4) is 0 Å². The van der Waals surface area contributed by atoms with E-state index in [1.807, 2.05) is 4.90 Å². The first kappa shape index (κ1) is 14.8. The van der Waals surface area contributed by atoms with Gasteiger partial charge in [-0.3, -0.25) is 9.59 Å². The summed E-state index contributed by atoms with van der Waals surface area (Å²) < 4.78 is 5.82. The van der Waals surface area contributed by atoms with Crippen LogP contribution in [-0.2, 0) is 14.3 Å². The molecule has 0 spiro atoms. The molecular formula is C16H25NO4. The maximum Gasteiger partial charge on any atom is 0.306 e. The Kier molecular flexibility index (Phi) is 4.48. The molecule has 1 saturated heterocycles. The Labute approximate surface area is 125 Å². The van der Waals surface area contributed by atoms with Crippen molar-refractivity contribution in [2.75, 3.05) is 13.2 Å². The molecule has 0 aromatic rings. The number of carboxylic acid groups (broad SMARTS) is 1. The number of hydrogen-bond donors (Lipinski definition) is 1. The van der Waals surface area contributed by atoms with E-state index < -0.39 is 5.97 Å². The van der Waals surface area contributed by atoms with Crippen molar-refractivity contribution < 1.29 is 19.4 Å². The van der Waals surface area contributed by atoms with E-state index in [0.717, 1.165) is 32.1 Å². The molecule has 1 heterocycles. The fourth-order valence-electron chi connectivity index (χ4n) is 4.24. The number of carbonyl (C=O) groups excluding carboxylic acids is 1. The van der Waals surface area contributed by atoms with Gasteiger partial charge in [0.15, 0.2) is 0 Å². The van der Waals surface area contributed by atoms with Gasteiger partial charge in [-0.25, -0.2) is 0 Å². The Balaban J connectivity index is 1.67. The highest BCUT2D eigenvalue weighted by molar-refractivity contribution is 5.80. The third-order valence-electron chi connectivity index (χ3n) is 5.39. The number of rotatable bonds is 2. The standard InChI is InChI=1S/C16H25NO4/c18-15(11-4-3-5-12(10-11)16(19)20)17-8-9-21-14-7-2-1-6-13(14)17/h11-14H,1-10H2,(H,19,20). The normalized spacial score (nSPS) is 36.9. The average Bonchev–Trinajstić information content (AvgIpc) is 2.53. The summed E-state index contributed by atoms with van der Waals surface area (Å²) in [6.45, 7) is 1.30. The highest BCUT2D eigenvalue weighted by Crippen LogP contribution is 2.34. The summed E-state index contributed by atoms with van der Waals surface area (Å²) >= 11 is 0. The monoisotopic (exact) mass is 295 g/mol. The van der Waals surface area contributed by atoms with Gasteiger partial charge in [0.1, 0.15) is 0 Å². The minimum absolute atomic E-state index is 0.0967. The number of hydrogen-bond acceptors (Lipinski definition) is 3. The highest BCUT2D eigenvalue weighted by atomic mass is 16.5. The van der Waals surface area contributed by atoms with Crippen LogP contribution in [-0.4, -0.2) is 47.2 Å². The maximum atomic E-state index is 12.9. The molecule has 118 valence electrons. The Hall–Kier alpha value is -1.10. The Morgan fingerprint density at radius 2 is 1.76 bits per heavy atom. The molecule has 0 aromatic heterocycles. The van der Waals surface area contributed by atoms with Crippen molar-refractivity contribution >= 4 is 11.9 Å². The van der Waals surface area contributed by atoms with Crippen LogP contribution in [0.4, 0.5) is 0 Å². The second-order valence-corrected chi connectivity index (χ2v) is 6.69. The lowest BCUT2D eigenvalue weighted by Crippen LogP contribution is -2.56. The average molecular weight is 295 g/mol. The first-order valence-electron chi connectivity index (χ1n) is 8.31. The Morgan fingerprint density at radius 3 is 2.57 bits per heavy atom. The second-order valence-electron chi connectivity index (χ2n) is 6.69. The second kappa shape index (κ2) is 6.34. The minimum atomic E-state index is -0.745. The lowest BCUT2D eigenvalue weighted by atomic mass is 9.80. The van der Waals surface area contributed by atoms with E-state index >= 15 is 0 Å². The summed E-state index contributed by atoms with van der Waals surface area (Å²) in [5, 5.41) is 9.19. The van der Waals surface area contributed by atoms with Gasteiger partial charge in [-0.05, 0) is 32.1 Å². The number of ether oxygens (including phenoxy) is 1. The highest BCUT2D eigenvalue weighted by Gasteiger charge is 2.40. The number of carboxylic acids is 1. The zero-order chi connectivity index (χ0) is 14.8. The fourth-order valence-corrected chi connectivity index (χ4v) is 4.24. The van der Waals surface area contributed by atoms with Gasteiger partial charge in [0.2, 0.25) is 5.91 Å². The van der Waals surface area contributed by atoms with Crippen LogP contribution in [0.5, 0.6) is 0 Å². The van der Waals surface area contributed by atoms with Crippen molar-refractivity contribution in [2.45, 2.75) is 63.5 Å². The van der Waals surface area contributed by atoms with Gasteiger partial charge in [0, 0.05) is 12.5 Å². The molecule has 3 fully saturated rings. The molecule has 0 aromatic carbocycles. The number of carbonyl (C=O) groups is 2. The number of nitrogens with zero attached hydrogens (tertiary/aromatic N) is 1. The molecule has 1 N–H and O–H groups in total. The van der Waals surface area contributed by atoms with Crippen LogP contribution in [0.1, 0.15) is 51.4 Å². The molecule has 2 aliphatic carbocycles. The van der Waals surface area contributed by atoms with Gasteiger partial charge in [0.05, 0.1) is 24.7 Å². The number of aliphatic carboxylic acids is 1. The van der Waals surface area contributed by atoms with E-state index in [-0.39, 0.29) is 29.9 Å². The van der Waals surface area contributed by atoms with Crippen LogP contribution in [0, 0.1) is 11.8 Å². The summed E-state index contributed by atoms with van der Waals surface area (Å²) in [5.74, 6) is -0.998. The van der Waals surface area contributed by atoms with Crippen molar-refractivity contribution in [3.05, 3.63) is 0 Å². The van der Waals surface area contributed by atoms with Gasteiger partial charge >= 0.3 is 5.97 Å². The first-order chi connectivity index (χ1) is 10.2. The predicted molar refractivity (Wildman–Crippen MR) is 76.8 cm³/mol. The first-order valence-corrected chi connectivity index (χ1v) is 8.31. The molecule has 1 amide bonds. The zero-order valence-corrected chi connectivity index (χ0v) is 12.5. The zero-order valence-electron chi connectivity index (χ0n) is 12.5. The molecule has 2 saturated carbocycles. The van der Waals surface area contributed by atoms with Crippen molar-refractivity contribution in [1.82, 2.24) is 4.90 Å². The van der Waals surface area contributed by atoms with Crippen LogP contribution in [0.15, 0.2) is 0 Å².